The summed E-state index contributed by atoms with van der Waals surface area (Å²) in [5, 5.41) is 1.65. The Morgan fingerprint density at radius 1 is 1.75 bits per heavy atom. The minimum absolute atomic E-state index is 0.361. The van der Waals surface area contributed by atoms with Crippen LogP contribution in [0.5, 0.6) is 0 Å². The van der Waals surface area contributed by atoms with Crippen LogP contribution in [0.3, 0.4) is 0 Å². The zero-order valence-electron chi connectivity index (χ0n) is 5.51. The Balaban J connectivity index is 3.29. The number of nitrogens with two attached hydrogens (primary N) is 1. The van der Waals surface area contributed by atoms with Crippen molar-refractivity contribution in [3.8, 4) is 0 Å². The lowest BCUT2D eigenvalue weighted by Gasteiger charge is -2.20. The molecule has 0 aromatic rings. The molecule has 0 saturated carbocycles. The maximum absolute atomic E-state index is 5.37. The van der Waals surface area contributed by atoms with Crippen molar-refractivity contribution in [3.63, 3.8) is 0 Å². The van der Waals surface area contributed by atoms with Gasteiger partial charge in [0, 0.05) is 14.2 Å². The monoisotopic (exact) mass is 119 g/mol. The van der Waals surface area contributed by atoms with Crippen LogP contribution < -0.4 is 11.2 Å². The molecule has 0 fully saturated rings. The smallest absolute Gasteiger partial charge is 0.175 e. The maximum Gasteiger partial charge on any atom is 0.175 e. The third-order valence-electron chi connectivity index (χ3n) is 0.976. The van der Waals surface area contributed by atoms with Gasteiger partial charge in [-0.2, -0.15) is 0 Å². The Morgan fingerprint density at radius 3 is 2.38 bits per heavy atom. The zero-order valence-corrected chi connectivity index (χ0v) is 5.51. The average molecular weight is 119 g/mol. The van der Waals surface area contributed by atoms with Crippen molar-refractivity contribution in [2.45, 2.75) is 6.35 Å². The summed E-state index contributed by atoms with van der Waals surface area (Å²) in [5.74, 6) is 0. The highest BCUT2D eigenvalue weighted by atomic mass is 16.5. The lowest BCUT2D eigenvalue weighted by molar-refractivity contribution is -0.0359. The van der Waals surface area contributed by atoms with Gasteiger partial charge in [0.15, 0.2) is 6.35 Å². The van der Waals surface area contributed by atoms with E-state index in [2.05, 4.69) is 5.43 Å². The second-order valence-electron chi connectivity index (χ2n) is 1.46. The number of hydrazine groups is 1. The number of methoxy groups -OCH3 is 1. The van der Waals surface area contributed by atoms with Gasteiger partial charge in [0.1, 0.15) is 0 Å². The molecule has 4 nitrogen and oxygen atoms in total. The van der Waals surface area contributed by atoms with Crippen LogP contribution in [-0.2, 0) is 4.74 Å². The first kappa shape index (κ1) is 7.84. The van der Waals surface area contributed by atoms with E-state index in [0.717, 1.165) is 0 Å². The van der Waals surface area contributed by atoms with Crippen LogP contribution in [0.1, 0.15) is 0 Å². The Kier molecular flexibility index (Phi) is 3.72. The van der Waals surface area contributed by atoms with E-state index < -0.39 is 0 Å². The average Bonchev–Trinajstić information content (AvgIpc) is 1.84. The number of hydrogen-bond donors (Lipinski definition) is 2. The van der Waals surface area contributed by atoms with Crippen LogP contribution in [-0.4, -0.2) is 32.6 Å². The van der Waals surface area contributed by atoms with Crippen molar-refractivity contribution in [3.05, 3.63) is 0 Å². The fourth-order valence-electron chi connectivity index (χ4n) is 0.285. The summed E-state index contributed by atoms with van der Waals surface area (Å²) in [6, 6.07) is 0. The minimum atomic E-state index is -0.361. The van der Waals surface area contributed by atoms with E-state index >= 15 is 0 Å². The minimum Gasteiger partial charge on any atom is -0.352 e. The lowest BCUT2D eigenvalue weighted by atomic mass is 10.9. The number of ether oxygens (including phenoxy) is 1. The van der Waals surface area contributed by atoms with Gasteiger partial charge in [0.25, 0.3) is 0 Å². The van der Waals surface area contributed by atoms with Gasteiger partial charge in [-0.15, -0.1) is 0 Å². The van der Waals surface area contributed by atoms with Gasteiger partial charge < -0.3 is 4.74 Å². The molecule has 4 heteroatoms. The summed E-state index contributed by atoms with van der Waals surface area (Å²) < 4.78 is 4.74. The summed E-state index contributed by atoms with van der Waals surface area (Å²) in [6.07, 6.45) is -0.361. The molecule has 3 N–H and O–H groups in total. The third kappa shape index (κ3) is 2.23. The third-order valence-corrected chi connectivity index (χ3v) is 0.976. The molecule has 0 aromatic heterocycles. The highest BCUT2D eigenvalue weighted by Crippen LogP contribution is 1.79. The molecular weight excluding hydrogens is 106 g/mol. The van der Waals surface area contributed by atoms with Crippen molar-refractivity contribution in [1.29, 1.82) is 0 Å². The molecule has 0 saturated heterocycles. The van der Waals surface area contributed by atoms with Crippen LogP contribution >= 0.6 is 0 Å². The summed E-state index contributed by atoms with van der Waals surface area (Å²) in [7, 11) is 5.13. The van der Waals surface area contributed by atoms with E-state index in [9.17, 15) is 0 Å². The molecule has 0 aliphatic carbocycles. The highest BCUT2D eigenvalue weighted by molar-refractivity contribution is 4.37. The topological polar surface area (TPSA) is 50.5 Å². The summed E-state index contributed by atoms with van der Waals surface area (Å²) in [4.78, 5) is 0. The Labute approximate surface area is 49.6 Å². The fraction of sp³-hybridized carbons (Fsp3) is 1.00. The molecule has 1 unspecified atom stereocenters. The molecule has 0 aliphatic rings. The highest BCUT2D eigenvalue weighted by Gasteiger charge is 2.02. The quantitative estimate of drug-likeness (QED) is 0.367. The number of nitrogens with zero attached hydrogens (tertiary/aromatic N) is 1. The van der Waals surface area contributed by atoms with Gasteiger partial charge >= 0.3 is 0 Å². The molecule has 50 valence electrons. The number of nitrogens with one attached hydrogen (secondary N) is 1. The van der Waals surface area contributed by atoms with Crippen molar-refractivity contribution in [2.24, 2.45) is 5.73 Å². The SMILES string of the molecule is CNN(C)C(N)OC. The molecular formula is C4H13N3O. The molecule has 0 aliphatic heterocycles. The molecule has 0 radical (unpaired) electrons. The molecule has 0 amide bonds. The predicted octanol–water partition coefficient (Wildman–Crippen LogP) is -1.06. The number of hydrogen-bond acceptors (Lipinski definition) is 4. The van der Waals surface area contributed by atoms with Crippen LogP contribution in [0.4, 0.5) is 0 Å². The molecule has 1 atom stereocenters. The molecule has 0 bridgehead atoms. The Hall–Kier alpha value is -0.160. The first-order valence-corrected chi connectivity index (χ1v) is 2.41. The maximum atomic E-state index is 5.37. The normalized spacial score (nSPS) is 14.6. The summed E-state index contributed by atoms with van der Waals surface area (Å²) >= 11 is 0. The van der Waals surface area contributed by atoms with Crippen molar-refractivity contribution >= 4 is 0 Å². The van der Waals surface area contributed by atoms with Crippen LogP contribution in [0.2, 0.25) is 0 Å². The molecule has 0 spiro atoms. The van der Waals surface area contributed by atoms with E-state index in [0.29, 0.717) is 0 Å². The predicted molar refractivity (Wildman–Crippen MR) is 31.8 cm³/mol. The second-order valence-corrected chi connectivity index (χ2v) is 1.46. The van der Waals surface area contributed by atoms with E-state index in [1.807, 2.05) is 0 Å². The van der Waals surface area contributed by atoms with Gasteiger partial charge in [0.05, 0.1) is 0 Å². The molecule has 0 heterocycles. The van der Waals surface area contributed by atoms with Crippen molar-refractivity contribution < 1.29 is 4.74 Å². The number of rotatable bonds is 3. The summed E-state index contributed by atoms with van der Waals surface area (Å²) in [6.45, 7) is 0. The first-order valence-electron chi connectivity index (χ1n) is 2.41. The van der Waals surface area contributed by atoms with Crippen molar-refractivity contribution in [1.82, 2.24) is 10.4 Å². The van der Waals surface area contributed by atoms with Gasteiger partial charge in [-0.3, -0.25) is 11.2 Å². The van der Waals surface area contributed by atoms with Gasteiger partial charge in [-0.1, -0.05) is 0 Å². The summed E-state index contributed by atoms with van der Waals surface area (Å²) in [5.41, 5.74) is 8.17. The fourth-order valence-corrected chi connectivity index (χ4v) is 0.285. The molecule has 0 aromatic carbocycles. The second kappa shape index (κ2) is 3.80. The van der Waals surface area contributed by atoms with E-state index in [-0.39, 0.29) is 6.35 Å². The van der Waals surface area contributed by atoms with Crippen molar-refractivity contribution in [2.75, 3.05) is 21.2 Å². The van der Waals surface area contributed by atoms with Crippen LogP contribution in [0.15, 0.2) is 0 Å². The zero-order chi connectivity index (χ0) is 6.57. The van der Waals surface area contributed by atoms with Crippen LogP contribution in [0, 0.1) is 0 Å². The Morgan fingerprint density at radius 2 is 2.25 bits per heavy atom. The van der Waals surface area contributed by atoms with E-state index in [1.54, 1.807) is 26.2 Å². The Bertz CT molecular complexity index is 51.2. The van der Waals surface area contributed by atoms with E-state index in [4.69, 9.17) is 10.5 Å². The standard InChI is InChI=1S/C4H13N3O/c1-6-7(2)4(5)8-3/h4,6H,5H2,1-3H3. The van der Waals surface area contributed by atoms with Gasteiger partial charge in [-0.25, -0.2) is 5.01 Å². The molecule has 0 rings (SSSR count). The van der Waals surface area contributed by atoms with E-state index in [1.165, 1.54) is 0 Å². The first-order chi connectivity index (χ1) is 3.72. The van der Waals surface area contributed by atoms with Gasteiger partial charge in [-0.05, 0) is 7.05 Å². The van der Waals surface area contributed by atoms with Gasteiger partial charge in [0.2, 0.25) is 0 Å². The lowest BCUT2D eigenvalue weighted by Crippen LogP contribution is -2.47. The van der Waals surface area contributed by atoms with Crippen LogP contribution in [0.25, 0.3) is 0 Å². The largest absolute Gasteiger partial charge is 0.352 e. The molecule has 8 heavy (non-hydrogen) atoms.